The minimum absolute atomic E-state index is 0.128. The van der Waals surface area contributed by atoms with Crippen molar-refractivity contribution in [1.82, 2.24) is 0 Å². The van der Waals surface area contributed by atoms with Gasteiger partial charge < -0.3 is 4.74 Å². The molecule has 1 aromatic carbocycles. The number of aryl methyl sites for hydroxylation is 1. The van der Waals surface area contributed by atoms with Gasteiger partial charge in [-0.3, -0.25) is 4.79 Å². The molecule has 0 radical (unpaired) electrons. The molecule has 1 rings (SSSR count). The van der Waals surface area contributed by atoms with Crippen molar-refractivity contribution in [2.75, 3.05) is 13.2 Å². The van der Waals surface area contributed by atoms with E-state index in [4.69, 9.17) is 4.74 Å². The lowest BCUT2D eigenvalue weighted by Crippen LogP contribution is -2.05. The van der Waals surface area contributed by atoms with Crippen LogP contribution in [-0.4, -0.2) is 19.0 Å². The summed E-state index contributed by atoms with van der Waals surface area (Å²) in [6.45, 7) is 6.47. The SMILES string of the molecule is C=CCOCCC(=O)c1cccc(C)c1. The third-order valence-corrected chi connectivity index (χ3v) is 2.05. The molecule has 0 aliphatic carbocycles. The first-order valence-electron chi connectivity index (χ1n) is 5.02. The number of hydrogen-bond acceptors (Lipinski definition) is 2. The smallest absolute Gasteiger partial charge is 0.165 e. The van der Waals surface area contributed by atoms with E-state index in [9.17, 15) is 4.79 Å². The van der Waals surface area contributed by atoms with Gasteiger partial charge in [-0.15, -0.1) is 6.58 Å². The Balaban J connectivity index is 2.43. The van der Waals surface area contributed by atoms with Crippen molar-refractivity contribution in [1.29, 1.82) is 0 Å². The lowest BCUT2D eigenvalue weighted by molar-refractivity contribution is 0.0910. The van der Waals surface area contributed by atoms with Crippen LogP contribution in [-0.2, 0) is 4.74 Å². The van der Waals surface area contributed by atoms with E-state index in [1.165, 1.54) is 0 Å². The zero-order valence-electron chi connectivity index (χ0n) is 9.03. The lowest BCUT2D eigenvalue weighted by Gasteiger charge is -2.02. The highest BCUT2D eigenvalue weighted by molar-refractivity contribution is 5.96. The van der Waals surface area contributed by atoms with Gasteiger partial charge in [0, 0.05) is 12.0 Å². The Labute approximate surface area is 90.6 Å². The molecule has 2 nitrogen and oxygen atoms in total. The van der Waals surface area contributed by atoms with Crippen LogP contribution in [0.3, 0.4) is 0 Å². The van der Waals surface area contributed by atoms with E-state index in [-0.39, 0.29) is 5.78 Å². The summed E-state index contributed by atoms with van der Waals surface area (Å²) < 4.78 is 5.17. The van der Waals surface area contributed by atoms with E-state index < -0.39 is 0 Å². The largest absolute Gasteiger partial charge is 0.377 e. The van der Waals surface area contributed by atoms with Crippen molar-refractivity contribution >= 4 is 5.78 Å². The molecule has 0 saturated carbocycles. The number of ketones is 1. The first kappa shape index (κ1) is 11.7. The second kappa shape index (κ2) is 6.14. The fraction of sp³-hybridized carbons (Fsp3) is 0.308. The van der Waals surface area contributed by atoms with E-state index in [1.54, 1.807) is 6.08 Å². The predicted molar refractivity (Wildman–Crippen MR) is 61.1 cm³/mol. The van der Waals surface area contributed by atoms with Gasteiger partial charge in [0.25, 0.3) is 0 Å². The monoisotopic (exact) mass is 204 g/mol. The minimum atomic E-state index is 0.128. The van der Waals surface area contributed by atoms with Crippen LogP contribution >= 0.6 is 0 Å². The molecule has 0 aliphatic rings. The fourth-order valence-corrected chi connectivity index (χ4v) is 1.29. The molecule has 2 heteroatoms. The molecule has 0 N–H and O–H groups in total. The summed E-state index contributed by atoms with van der Waals surface area (Å²) in [6, 6.07) is 7.61. The molecular formula is C13H16O2. The molecule has 80 valence electrons. The van der Waals surface area contributed by atoms with Crippen molar-refractivity contribution in [3.63, 3.8) is 0 Å². The van der Waals surface area contributed by atoms with E-state index in [0.29, 0.717) is 19.6 Å². The third kappa shape index (κ3) is 4.09. The Morgan fingerprint density at radius 3 is 3.00 bits per heavy atom. The zero-order chi connectivity index (χ0) is 11.1. The second-order valence-corrected chi connectivity index (χ2v) is 3.41. The number of ether oxygens (including phenoxy) is 1. The minimum Gasteiger partial charge on any atom is -0.377 e. The number of rotatable bonds is 6. The first-order chi connectivity index (χ1) is 7.24. The molecule has 15 heavy (non-hydrogen) atoms. The van der Waals surface area contributed by atoms with Crippen LogP contribution in [0, 0.1) is 6.92 Å². The fourth-order valence-electron chi connectivity index (χ4n) is 1.29. The van der Waals surface area contributed by atoms with Gasteiger partial charge in [-0.1, -0.05) is 29.8 Å². The lowest BCUT2D eigenvalue weighted by atomic mass is 10.1. The Morgan fingerprint density at radius 1 is 1.53 bits per heavy atom. The summed E-state index contributed by atoms with van der Waals surface area (Å²) in [6.07, 6.45) is 2.11. The van der Waals surface area contributed by atoms with Gasteiger partial charge in [0.2, 0.25) is 0 Å². The topological polar surface area (TPSA) is 26.3 Å². The number of Topliss-reactive ketones (excluding diaryl/α,β-unsaturated/α-hetero) is 1. The van der Waals surface area contributed by atoms with Crippen molar-refractivity contribution in [3.05, 3.63) is 48.0 Å². The van der Waals surface area contributed by atoms with E-state index in [1.807, 2.05) is 31.2 Å². The summed E-state index contributed by atoms with van der Waals surface area (Å²) >= 11 is 0. The molecule has 0 fully saturated rings. The Morgan fingerprint density at radius 2 is 2.33 bits per heavy atom. The van der Waals surface area contributed by atoms with E-state index in [0.717, 1.165) is 11.1 Å². The van der Waals surface area contributed by atoms with Crippen molar-refractivity contribution in [2.45, 2.75) is 13.3 Å². The van der Waals surface area contributed by atoms with Gasteiger partial charge in [0.15, 0.2) is 5.78 Å². The Kier molecular flexibility index (Phi) is 4.78. The molecular weight excluding hydrogens is 188 g/mol. The van der Waals surface area contributed by atoms with Gasteiger partial charge in [-0.2, -0.15) is 0 Å². The molecule has 0 atom stereocenters. The summed E-state index contributed by atoms with van der Waals surface area (Å²) in [5.41, 5.74) is 1.87. The normalized spacial score (nSPS) is 9.93. The standard InChI is InChI=1S/C13H16O2/c1-3-8-15-9-7-13(14)12-6-4-5-11(2)10-12/h3-6,10H,1,7-9H2,2H3. The quantitative estimate of drug-likeness (QED) is 0.404. The maximum atomic E-state index is 11.7. The molecule has 0 unspecified atom stereocenters. The third-order valence-electron chi connectivity index (χ3n) is 2.05. The highest BCUT2D eigenvalue weighted by Crippen LogP contribution is 2.06. The number of hydrogen-bond donors (Lipinski definition) is 0. The highest BCUT2D eigenvalue weighted by atomic mass is 16.5. The van der Waals surface area contributed by atoms with Crippen LogP contribution in [0.25, 0.3) is 0 Å². The van der Waals surface area contributed by atoms with Crippen molar-refractivity contribution < 1.29 is 9.53 Å². The van der Waals surface area contributed by atoms with Gasteiger partial charge in [-0.25, -0.2) is 0 Å². The van der Waals surface area contributed by atoms with Gasteiger partial charge in [-0.05, 0) is 13.0 Å². The van der Waals surface area contributed by atoms with E-state index >= 15 is 0 Å². The Bertz CT molecular complexity index is 342. The maximum absolute atomic E-state index is 11.7. The van der Waals surface area contributed by atoms with Crippen LogP contribution in [0.5, 0.6) is 0 Å². The Hall–Kier alpha value is -1.41. The molecule has 0 spiro atoms. The van der Waals surface area contributed by atoms with E-state index in [2.05, 4.69) is 6.58 Å². The van der Waals surface area contributed by atoms with Crippen molar-refractivity contribution in [3.8, 4) is 0 Å². The molecule has 1 aromatic rings. The summed E-state index contributed by atoms with van der Waals surface area (Å²) in [5, 5.41) is 0. The average Bonchev–Trinajstić information content (AvgIpc) is 2.24. The predicted octanol–water partition coefficient (Wildman–Crippen LogP) is 2.77. The molecule has 0 aliphatic heterocycles. The van der Waals surface area contributed by atoms with Crippen LogP contribution in [0.15, 0.2) is 36.9 Å². The number of carbonyl (C=O) groups excluding carboxylic acids is 1. The molecule has 0 saturated heterocycles. The number of benzene rings is 1. The average molecular weight is 204 g/mol. The summed E-state index contributed by atoms with van der Waals surface area (Å²) in [7, 11) is 0. The maximum Gasteiger partial charge on any atom is 0.165 e. The zero-order valence-corrected chi connectivity index (χ0v) is 9.03. The van der Waals surface area contributed by atoms with Crippen LogP contribution < -0.4 is 0 Å². The number of carbonyl (C=O) groups is 1. The summed E-state index contributed by atoms with van der Waals surface area (Å²) in [5.74, 6) is 0.128. The molecule has 0 heterocycles. The molecule has 0 amide bonds. The van der Waals surface area contributed by atoms with Crippen LogP contribution in [0.1, 0.15) is 22.3 Å². The van der Waals surface area contributed by atoms with Gasteiger partial charge >= 0.3 is 0 Å². The van der Waals surface area contributed by atoms with Gasteiger partial charge in [0.1, 0.15) is 0 Å². The van der Waals surface area contributed by atoms with Gasteiger partial charge in [0.05, 0.1) is 13.2 Å². The van der Waals surface area contributed by atoms with Crippen molar-refractivity contribution in [2.24, 2.45) is 0 Å². The van der Waals surface area contributed by atoms with Crippen LogP contribution in [0.2, 0.25) is 0 Å². The molecule has 0 aromatic heterocycles. The summed E-state index contributed by atoms with van der Waals surface area (Å²) in [4.78, 5) is 11.7. The first-order valence-corrected chi connectivity index (χ1v) is 5.02. The highest BCUT2D eigenvalue weighted by Gasteiger charge is 2.04. The molecule has 0 bridgehead atoms. The van der Waals surface area contributed by atoms with Crippen LogP contribution in [0.4, 0.5) is 0 Å². The second-order valence-electron chi connectivity index (χ2n) is 3.41.